The zero-order valence-corrected chi connectivity index (χ0v) is 41.5. The molecule has 0 saturated carbocycles. The van der Waals surface area contributed by atoms with Gasteiger partial charge in [-0.1, -0.05) is 107 Å². The van der Waals surface area contributed by atoms with Gasteiger partial charge in [-0.25, -0.2) is 0 Å². The van der Waals surface area contributed by atoms with E-state index in [0.717, 1.165) is 155 Å². The van der Waals surface area contributed by atoms with E-state index in [4.69, 9.17) is 39.4 Å². The summed E-state index contributed by atoms with van der Waals surface area (Å²) in [5, 5.41) is 0. The summed E-state index contributed by atoms with van der Waals surface area (Å²) in [6.45, 7) is 24.1. The monoisotopic (exact) mass is 907 g/mol. The molecule has 360 valence electrons. The van der Waals surface area contributed by atoms with E-state index in [1.165, 1.54) is 0 Å². The van der Waals surface area contributed by atoms with Crippen LogP contribution in [0.3, 0.4) is 0 Å². The molecule has 2 aromatic carbocycles. The van der Waals surface area contributed by atoms with Crippen molar-refractivity contribution in [2.75, 3.05) is 72.0 Å². The summed E-state index contributed by atoms with van der Waals surface area (Å²) < 4.78 is 12.8. The number of carbonyl (C=O) groups is 2. The Morgan fingerprint density at radius 2 is 0.591 bits per heavy atom. The Balaban J connectivity index is 1.47. The lowest BCUT2D eigenvalue weighted by Crippen LogP contribution is -2.31. The van der Waals surface area contributed by atoms with Crippen LogP contribution in [-0.4, -0.2) is 93.8 Å². The number of unbranched alkanes of at least 4 members (excludes halogenated alkanes) is 8. The van der Waals surface area contributed by atoms with Gasteiger partial charge in [-0.3, -0.25) is 9.59 Å². The molecule has 0 fully saturated rings. The summed E-state index contributed by atoms with van der Waals surface area (Å²) in [4.78, 5) is 66.9. The van der Waals surface area contributed by atoms with Gasteiger partial charge in [-0.2, -0.15) is 29.9 Å². The molecule has 14 heteroatoms. The molecule has 0 aliphatic heterocycles. The van der Waals surface area contributed by atoms with Crippen molar-refractivity contribution < 1.29 is 19.1 Å². The van der Waals surface area contributed by atoms with Gasteiger partial charge in [0.1, 0.15) is 11.5 Å². The number of rotatable bonds is 32. The first-order valence-electron chi connectivity index (χ1n) is 25.5. The predicted octanol–water partition coefficient (Wildman–Crippen LogP) is 12.0. The van der Waals surface area contributed by atoms with Crippen molar-refractivity contribution in [1.82, 2.24) is 29.9 Å². The Hall–Kier alpha value is -5.40. The number of hydrogen-bond donors (Lipinski definition) is 0. The molecule has 4 aromatic rings. The second kappa shape index (κ2) is 27.3. The Morgan fingerprint density at radius 1 is 0.348 bits per heavy atom. The molecule has 1 aliphatic rings. The van der Waals surface area contributed by atoms with Gasteiger partial charge in [-0.05, 0) is 87.8 Å². The largest absolute Gasteiger partial charge is 0.424 e. The third-order valence-corrected chi connectivity index (χ3v) is 11.9. The molecule has 0 bridgehead atoms. The van der Waals surface area contributed by atoms with Crippen molar-refractivity contribution >= 4 is 35.4 Å². The number of carbonyl (C=O) groups excluding carboxylic acids is 2. The fourth-order valence-corrected chi connectivity index (χ4v) is 7.81. The molecule has 0 saturated heterocycles. The normalized spacial score (nSPS) is 11.9. The van der Waals surface area contributed by atoms with Crippen molar-refractivity contribution in [2.24, 2.45) is 0 Å². The first kappa shape index (κ1) is 51.6. The van der Waals surface area contributed by atoms with Crippen LogP contribution in [0.25, 0.3) is 0 Å². The fraction of sp³-hybridized carbons (Fsp3) is 0.615. The van der Waals surface area contributed by atoms with Crippen molar-refractivity contribution in [3.63, 3.8) is 0 Å². The SMILES string of the molecule is CCCCN(CCCC)c1nc(Oc2ccc3c(c2)C(=O)c2ccc(Oc4nc(N(CCCC)CCCC)nc(N(CCCC)CCCC)n4)cc2C3=O)nc(N(CCCC)CCCC)n1. The molecule has 0 spiro atoms. The second-order valence-electron chi connectivity index (χ2n) is 17.5. The quantitative estimate of drug-likeness (QED) is 0.0404. The van der Waals surface area contributed by atoms with Crippen molar-refractivity contribution in [3.05, 3.63) is 58.7 Å². The number of nitrogens with zero attached hydrogens (tertiary/aromatic N) is 10. The maximum Gasteiger partial charge on any atom is 0.328 e. The Kier molecular flexibility index (Phi) is 21.3. The molecule has 0 N–H and O–H groups in total. The fourth-order valence-electron chi connectivity index (χ4n) is 7.81. The van der Waals surface area contributed by atoms with Crippen LogP contribution in [0.1, 0.15) is 190 Å². The number of fused-ring (bicyclic) bond motifs is 2. The van der Waals surface area contributed by atoms with Gasteiger partial charge in [0.15, 0.2) is 11.6 Å². The maximum absolute atomic E-state index is 14.3. The molecule has 5 rings (SSSR count). The van der Waals surface area contributed by atoms with Gasteiger partial charge in [-0.15, -0.1) is 0 Å². The van der Waals surface area contributed by atoms with Crippen molar-refractivity contribution in [3.8, 4) is 23.5 Å². The number of hydrogen-bond acceptors (Lipinski definition) is 14. The van der Waals surface area contributed by atoms with Crippen LogP contribution in [0.4, 0.5) is 23.8 Å². The standard InChI is InChI=1S/C52H78N10O4/c1-9-17-29-59(30-18-10-2)47-53-48(60(31-19-11-3)32-20-12-4)56-51(55-47)65-39-25-27-41-43(37-39)45(63)42-28-26-40(38-44(42)46(41)64)66-52-57-49(61(33-21-13-5)34-22-14-6)54-50(58-52)62(35-23-15-7)36-24-16-8/h25-28,37-38H,9-24,29-36H2,1-8H3. The van der Waals surface area contributed by atoms with Crippen LogP contribution in [0, 0.1) is 0 Å². The Bertz CT molecular complexity index is 1880. The maximum atomic E-state index is 14.3. The third-order valence-electron chi connectivity index (χ3n) is 11.9. The highest BCUT2D eigenvalue weighted by Crippen LogP contribution is 2.35. The lowest BCUT2D eigenvalue weighted by atomic mass is 9.84. The molecule has 2 aromatic heterocycles. The van der Waals surface area contributed by atoms with Crippen LogP contribution >= 0.6 is 0 Å². The van der Waals surface area contributed by atoms with Gasteiger partial charge in [0.25, 0.3) is 0 Å². The zero-order chi connectivity index (χ0) is 47.3. The lowest BCUT2D eigenvalue weighted by Gasteiger charge is -2.26. The summed E-state index contributed by atoms with van der Waals surface area (Å²) >= 11 is 0. The third kappa shape index (κ3) is 14.3. The molecular formula is C52H78N10O4. The minimum Gasteiger partial charge on any atom is -0.424 e. The van der Waals surface area contributed by atoms with Crippen LogP contribution < -0.4 is 29.1 Å². The van der Waals surface area contributed by atoms with Gasteiger partial charge in [0, 0.05) is 74.6 Å². The molecule has 66 heavy (non-hydrogen) atoms. The van der Waals surface area contributed by atoms with E-state index in [1.807, 2.05) is 0 Å². The highest BCUT2D eigenvalue weighted by molar-refractivity contribution is 6.28. The molecule has 2 heterocycles. The molecule has 0 atom stereocenters. The highest BCUT2D eigenvalue weighted by atomic mass is 16.5. The van der Waals surface area contributed by atoms with E-state index in [0.29, 0.717) is 46.4 Å². The minimum absolute atomic E-state index is 0.157. The van der Waals surface area contributed by atoms with E-state index >= 15 is 0 Å². The molecule has 0 amide bonds. The highest BCUT2D eigenvalue weighted by Gasteiger charge is 2.31. The summed E-state index contributed by atoms with van der Waals surface area (Å²) in [6.07, 6.45) is 16.5. The molecular weight excluding hydrogens is 829 g/mol. The van der Waals surface area contributed by atoms with E-state index in [2.05, 4.69) is 75.0 Å². The Labute approximate surface area is 395 Å². The molecule has 0 unspecified atom stereocenters. The predicted molar refractivity (Wildman–Crippen MR) is 268 cm³/mol. The summed E-state index contributed by atoms with van der Waals surface area (Å²) in [7, 11) is 0. The van der Waals surface area contributed by atoms with Gasteiger partial charge in [0.05, 0.1) is 0 Å². The summed E-state index contributed by atoms with van der Waals surface area (Å²) in [6, 6.07) is 10.3. The average Bonchev–Trinajstić information content (AvgIpc) is 3.33. The van der Waals surface area contributed by atoms with Gasteiger partial charge < -0.3 is 29.1 Å². The summed E-state index contributed by atoms with van der Waals surface area (Å²) in [5.41, 5.74) is 1.11. The number of benzene rings is 2. The smallest absolute Gasteiger partial charge is 0.328 e. The summed E-state index contributed by atoms with van der Waals surface area (Å²) in [5.74, 6) is 2.53. The van der Waals surface area contributed by atoms with Crippen LogP contribution in [0.2, 0.25) is 0 Å². The average molecular weight is 907 g/mol. The number of ketones is 2. The van der Waals surface area contributed by atoms with Gasteiger partial charge in [0.2, 0.25) is 23.8 Å². The molecule has 1 aliphatic carbocycles. The van der Waals surface area contributed by atoms with E-state index < -0.39 is 0 Å². The first-order chi connectivity index (χ1) is 32.2. The van der Waals surface area contributed by atoms with E-state index in [-0.39, 0.29) is 34.7 Å². The number of aromatic nitrogens is 6. The zero-order valence-electron chi connectivity index (χ0n) is 41.5. The second-order valence-corrected chi connectivity index (χ2v) is 17.5. The van der Waals surface area contributed by atoms with Gasteiger partial charge >= 0.3 is 12.0 Å². The Morgan fingerprint density at radius 3 is 0.818 bits per heavy atom. The first-order valence-corrected chi connectivity index (χ1v) is 25.5. The van der Waals surface area contributed by atoms with Crippen LogP contribution in [0.5, 0.6) is 23.5 Å². The van der Waals surface area contributed by atoms with Crippen molar-refractivity contribution in [2.45, 2.75) is 158 Å². The van der Waals surface area contributed by atoms with Crippen LogP contribution in [-0.2, 0) is 0 Å². The lowest BCUT2D eigenvalue weighted by molar-refractivity contribution is 0.0978. The van der Waals surface area contributed by atoms with Crippen LogP contribution in [0.15, 0.2) is 36.4 Å². The number of ether oxygens (including phenoxy) is 2. The van der Waals surface area contributed by atoms with E-state index in [1.54, 1.807) is 36.4 Å². The topological polar surface area (TPSA) is 143 Å². The molecule has 0 radical (unpaired) electrons. The van der Waals surface area contributed by atoms with E-state index in [9.17, 15) is 9.59 Å². The number of anilines is 4. The van der Waals surface area contributed by atoms with Crippen molar-refractivity contribution in [1.29, 1.82) is 0 Å². The molecule has 14 nitrogen and oxygen atoms in total. The minimum atomic E-state index is -0.279.